The Bertz CT molecular complexity index is 979. The first-order valence-corrected chi connectivity index (χ1v) is 8.03. The van der Waals surface area contributed by atoms with Crippen LogP contribution >= 0.6 is 11.6 Å². The number of amides is 3. The zero-order valence-electron chi connectivity index (χ0n) is 13.9. The molecule has 138 valence electrons. The largest absolute Gasteiger partial charge is 0.867 e. The van der Waals surface area contributed by atoms with Crippen molar-refractivity contribution in [3.8, 4) is 5.75 Å². The maximum Gasteiger partial charge on any atom is 0.346 e. The van der Waals surface area contributed by atoms with Crippen molar-refractivity contribution in [3.63, 3.8) is 0 Å². The minimum Gasteiger partial charge on any atom is -0.867 e. The van der Waals surface area contributed by atoms with E-state index in [2.05, 4.69) is 10.4 Å². The summed E-state index contributed by atoms with van der Waals surface area (Å²) in [7, 11) is 0. The number of benzene rings is 2. The molecule has 1 saturated heterocycles. The van der Waals surface area contributed by atoms with E-state index in [9.17, 15) is 24.8 Å². The lowest BCUT2D eigenvalue weighted by atomic mass is 9.92. The molecule has 1 N–H and O–H groups in total. The molecule has 1 atom stereocenters. The molecular weight excluding hydrogens is 376 g/mol. The van der Waals surface area contributed by atoms with Crippen LogP contribution in [0.15, 0.2) is 47.6 Å². The van der Waals surface area contributed by atoms with Crippen LogP contribution in [0.1, 0.15) is 18.1 Å². The van der Waals surface area contributed by atoms with Gasteiger partial charge in [0.1, 0.15) is 5.54 Å². The molecule has 1 aliphatic rings. The number of hydrogen-bond donors (Lipinski definition) is 1. The Morgan fingerprint density at radius 1 is 1.26 bits per heavy atom. The topological polar surface area (TPSA) is 128 Å². The Morgan fingerprint density at radius 2 is 1.93 bits per heavy atom. The van der Waals surface area contributed by atoms with Gasteiger partial charge in [-0.05, 0) is 29.9 Å². The molecule has 3 amide bonds. The molecule has 3 rings (SSSR count). The maximum atomic E-state index is 12.7. The molecule has 27 heavy (non-hydrogen) atoms. The van der Waals surface area contributed by atoms with Crippen molar-refractivity contribution in [2.24, 2.45) is 5.10 Å². The summed E-state index contributed by atoms with van der Waals surface area (Å²) in [5.41, 5.74) is -1.71. The number of urea groups is 1. The zero-order chi connectivity index (χ0) is 19.8. The molecule has 0 radical (unpaired) electrons. The molecule has 1 fully saturated rings. The van der Waals surface area contributed by atoms with Gasteiger partial charge in [-0.15, -0.1) is 5.01 Å². The first-order chi connectivity index (χ1) is 12.7. The van der Waals surface area contributed by atoms with Gasteiger partial charge < -0.3 is 10.4 Å². The van der Waals surface area contributed by atoms with Crippen molar-refractivity contribution in [1.82, 2.24) is 10.3 Å². The zero-order valence-corrected chi connectivity index (χ0v) is 14.6. The number of hydrazone groups is 1. The number of nitrogens with one attached hydrogen (secondary N) is 1. The first kappa shape index (κ1) is 18.3. The predicted molar refractivity (Wildman–Crippen MR) is 94.3 cm³/mol. The third-order valence-electron chi connectivity index (χ3n) is 4.09. The van der Waals surface area contributed by atoms with Gasteiger partial charge in [0.2, 0.25) is 0 Å². The van der Waals surface area contributed by atoms with Crippen molar-refractivity contribution in [2.45, 2.75) is 12.5 Å². The van der Waals surface area contributed by atoms with Crippen LogP contribution in [0.25, 0.3) is 0 Å². The highest BCUT2D eigenvalue weighted by Gasteiger charge is 2.49. The normalized spacial score (nSPS) is 19.6. The molecule has 2 aromatic rings. The standard InChI is InChI=1S/C17H13ClN4O5/c1-17(11-5-3-2-4-6-11)15(24)21(16(25)20-17)19-9-10-7-12(18)8-13(14(10)23)22(26)27/h2-9,23H,1H3,(H,20,25)/p-1/b19-9-/t17-/m1/s1. The van der Waals surface area contributed by atoms with E-state index in [1.807, 2.05) is 0 Å². The fourth-order valence-corrected chi connectivity index (χ4v) is 2.87. The molecule has 1 heterocycles. The highest BCUT2D eigenvalue weighted by Crippen LogP contribution is 2.31. The van der Waals surface area contributed by atoms with E-state index < -0.39 is 33.8 Å². The van der Waals surface area contributed by atoms with Crippen LogP contribution in [-0.4, -0.2) is 28.1 Å². The number of nitro groups is 1. The van der Waals surface area contributed by atoms with Crippen LogP contribution in [0.5, 0.6) is 5.75 Å². The first-order valence-electron chi connectivity index (χ1n) is 7.65. The molecule has 1 aliphatic heterocycles. The molecule has 0 aliphatic carbocycles. The van der Waals surface area contributed by atoms with Gasteiger partial charge in [0.05, 0.1) is 11.1 Å². The third-order valence-corrected chi connectivity index (χ3v) is 4.31. The van der Waals surface area contributed by atoms with E-state index >= 15 is 0 Å². The van der Waals surface area contributed by atoms with Gasteiger partial charge in [0.25, 0.3) is 11.6 Å². The molecule has 0 bridgehead atoms. The van der Waals surface area contributed by atoms with Crippen LogP contribution in [0, 0.1) is 10.1 Å². The second kappa shape index (κ2) is 6.69. The fraction of sp³-hybridized carbons (Fsp3) is 0.118. The minimum absolute atomic E-state index is 0.0472. The van der Waals surface area contributed by atoms with Crippen LogP contribution in [-0.2, 0) is 10.3 Å². The van der Waals surface area contributed by atoms with Gasteiger partial charge in [-0.3, -0.25) is 14.9 Å². The second-order valence-corrected chi connectivity index (χ2v) is 6.32. The lowest BCUT2D eigenvalue weighted by molar-refractivity contribution is -0.398. The summed E-state index contributed by atoms with van der Waals surface area (Å²) in [6.07, 6.45) is 0.898. The highest BCUT2D eigenvalue weighted by atomic mass is 35.5. The number of nitro benzene ring substituents is 1. The predicted octanol–water partition coefficient (Wildman–Crippen LogP) is 2.12. The summed E-state index contributed by atoms with van der Waals surface area (Å²) in [4.78, 5) is 34.9. The van der Waals surface area contributed by atoms with Crippen molar-refractivity contribution in [2.75, 3.05) is 0 Å². The lowest BCUT2D eigenvalue weighted by Crippen LogP contribution is -2.40. The van der Waals surface area contributed by atoms with E-state index in [4.69, 9.17) is 11.6 Å². The van der Waals surface area contributed by atoms with Gasteiger partial charge >= 0.3 is 6.03 Å². The smallest absolute Gasteiger partial charge is 0.346 e. The average molecular weight is 388 g/mol. The van der Waals surface area contributed by atoms with Gasteiger partial charge in [0, 0.05) is 11.1 Å². The summed E-state index contributed by atoms with van der Waals surface area (Å²) in [5.74, 6) is -1.58. The van der Waals surface area contributed by atoms with Crippen molar-refractivity contribution in [3.05, 3.63) is 68.7 Å². The fourth-order valence-electron chi connectivity index (χ4n) is 2.65. The Hall–Kier alpha value is -3.46. The average Bonchev–Trinajstić information content (AvgIpc) is 2.86. The third kappa shape index (κ3) is 3.20. The van der Waals surface area contributed by atoms with Crippen molar-refractivity contribution in [1.29, 1.82) is 0 Å². The highest BCUT2D eigenvalue weighted by molar-refractivity contribution is 6.31. The molecule has 0 spiro atoms. The van der Waals surface area contributed by atoms with E-state index in [1.54, 1.807) is 30.3 Å². The molecule has 9 nitrogen and oxygen atoms in total. The SMILES string of the molecule is C[C@]1(c2ccccc2)NC(=O)N(/N=C\c2cc(Cl)cc([N+](=O)[O-])c2[O-])C1=O. The summed E-state index contributed by atoms with van der Waals surface area (Å²) in [6.45, 7) is 1.53. The minimum atomic E-state index is -1.32. The number of imide groups is 1. The number of nitrogens with zero attached hydrogens (tertiary/aromatic N) is 3. The Kier molecular flexibility index (Phi) is 4.54. The number of halogens is 1. The molecule has 0 saturated carbocycles. The van der Waals surface area contributed by atoms with Crippen LogP contribution in [0.4, 0.5) is 10.5 Å². The van der Waals surface area contributed by atoms with Gasteiger partial charge in [0.15, 0.2) is 0 Å². The van der Waals surface area contributed by atoms with Gasteiger partial charge in [-0.2, -0.15) is 5.10 Å². The summed E-state index contributed by atoms with van der Waals surface area (Å²) in [6, 6.07) is 9.87. The molecule has 10 heteroatoms. The summed E-state index contributed by atoms with van der Waals surface area (Å²) in [5, 5.41) is 29.8. The number of rotatable bonds is 4. The molecule has 0 unspecified atom stereocenters. The van der Waals surface area contributed by atoms with Crippen LogP contribution in [0.2, 0.25) is 5.02 Å². The van der Waals surface area contributed by atoms with E-state index in [0.717, 1.165) is 18.3 Å². The Balaban J connectivity index is 1.94. The van der Waals surface area contributed by atoms with Gasteiger partial charge in [-0.25, -0.2) is 4.79 Å². The van der Waals surface area contributed by atoms with Crippen molar-refractivity contribution < 1.29 is 19.6 Å². The van der Waals surface area contributed by atoms with Crippen LogP contribution in [0.3, 0.4) is 0 Å². The number of carbonyl (C=O) groups is 2. The second-order valence-electron chi connectivity index (χ2n) is 5.88. The van der Waals surface area contributed by atoms with Crippen LogP contribution < -0.4 is 10.4 Å². The van der Waals surface area contributed by atoms with Crippen molar-refractivity contribution >= 4 is 35.4 Å². The maximum absolute atomic E-state index is 12.7. The Labute approximate surface area is 158 Å². The lowest BCUT2D eigenvalue weighted by Gasteiger charge is -2.21. The number of carbonyl (C=O) groups excluding carboxylic acids is 2. The number of hydrogen-bond acceptors (Lipinski definition) is 6. The molecular formula is C17H12ClN4O5-. The van der Waals surface area contributed by atoms with E-state index in [0.29, 0.717) is 10.6 Å². The quantitative estimate of drug-likeness (QED) is 0.372. The Morgan fingerprint density at radius 3 is 2.56 bits per heavy atom. The monoisotopic (exact) mass is 387 g/mol. The molecule has 0 aromatic heterocycles. The van der Waals surface area contributed by atoms with E-state index in [1.165, 1.54) is 6.92 Å². The van der Waals surface area contributed by atoms with E-state index in [-0.39, 0.29) is 10.6 Å². The summed E-state index contributed by atoms with van der Waals surface area (Å²) < 4.78 is 0. The molecule has 2 aromatic carbocycles. The van der Waals surface area contributed by atoms with Gasteiger partial charge in [-0.1, -0.05) is 41.9 Å². The summed E-state index contributed by atoms with van der Waals surface area (Å²) >= 11 is 5.78.